The van der Waals surface area contributed by atoms with Gasteiger partial charge in [-0.15, -0.1) is 0 Å². The zero-order chi connectivity index (χ0) is 58.1. The normalized spacial score (nSPS) is 14.4. The molecule has 11 aromatic carbocycles. The van der Waals surface area contributed by atoms with Crippen molar-refractivity contribution in [2.75, 3.05) is 0 Å². The van der Waals surface area contributed by atoms with Gasteiger partial charge in [0.05, 0.1) is 16.1 Å². The third-order valence-electron chi connectivity index (χ3n) is 19.6. The maximum Gasteiger partial charge on any atom is 0.0775 e. The maximum atomic E-state index is 2.50. The average molecular weight is 1120 g/mol. The molecule has 0 spiro atoms. The third kappa shape index (κ3) is 9.25. The zero-order valence-electron chi connectivity index (χ0n) is 50.9. The van der Waals surface area contributed by atoms with Crippen LogP contribution in [0.25, 0.3) is 89.4 Å². The van der Waals surface area contributed by atoms with Gasteiger partial charge in [-0.2, -0.15) is 0 Å². The van der Waals surface area contributed by atoms with Crippen molar-refractivity contribution in [1.82, 2.24) is 0 Å². The summed E-state index contributed by atoms with van der Waals surface area (Å²) in [5.41, 5.74) is 26.3. The first-order valence-corrected chi connectivity index (χ1v) is 38.0. The number of rotatable bonds is 14. The van der Waals surface area contributed by atoms with E-state index in [-0.39, 0.29) is 10.8 Å². The van der Waals surface area contributed by atoms with Crippen molar-refractivity contribution in [3.05, 3.63) is 286 Å². The molecule has 0 N–H and O–H groups in total. The monoisotopic (exact) mass is 1120 g/mol. The number of fused-ring (bicyclic) bond motifs is 8. The highest BCUT2D eigenvalue weighted by atomic mass is 28.3. The Labute approximate surface area is 502 Å². The molecule has 0 fully saturated rings. The van der Waals surface area contributed by atoms with Gasteiger partial charge in [0.1, 0.15) is 0 Å². The van der Waals surface area contributed by atoms with E-state index in [4.69, 9.17) is 0 Å². The summed E-state index contributed by atoms with van der Waals surface area (Å²) in [7, 11) is -3.01. The molecule has 84 heavy (non-hydrogen) atoms. The minimum absolute atomic E-state index is 0.0113. The highest BCUT2D eigenvalue weighted by Gasteiger charge is 2.41. The Bertz CT molecular complexity index is 4320. The first-order chi connectivity index (χ1) is 40.7. The Balaban J connectivity index is 0.900. The summed E-state index contributed by atoms with van der Waals surface area (Å²) in [5.74, 6) is 0. The molecular formula is C82H78Si2. The van der Waals surface area contributed by atoms with Crippen molar-refractivity contribution in [1.29, 1.82) is 0 Å². The quantitative estimate of drug-likeness (QED) is 0.0578. The van der Waals surface area contributed by atoms with E-state index >= 15 is 0 Å². The molecule has 11 aromatic rings. The molecule has 0 amide bonds. The van der Waals surface area contributed by atoms with Crippen molar-refractivity contribution < 1.29 is 0 Å². The first-order valence-electron chi connectivity index (χ1n) is 31.0. The molecule has 2 aliphatic rings. The van der Waals surface area contributed by atoms with E-state index in [1.165, 1.54) is 143 Å². The molecule has 0 aromatic heterocycles. The molecule has 414 valence electrons. The van der Waals surface area contributed by atoms with E-state index in [1.54, 1.807) is 0 Å². The Kier molecular flexibility index (Phi) is 14.1. The lowest BCUT2D eigenvalue weighted by Crippen LogP contribution is -2.37. The number of hydrogen-bond acceptors (Lipinski definition) is 0. The second-order valence-corrected chi connectivity index (χ2v) is 36.2. The molecule has 0 radical (unpaired) electrons. The van der Waals surface area contributed by atoms with Gasteiger partial charge in [0.15, 0.2) is 0 Å². The van der Waals surface area contributed by atoms with Crippen LogP contribution in [-0.2, 0) is 10.8 Å². The maximum absolute atomic E-state index is 2.50. The Morgan fingerprint density at radius 3 is 1.04 bits per heavy atom. The highest BCUT2D eigenvalue weighted by molar-refractivity contribution is 6.89. The van der Waals surface area contributed by atoms with E-state index in [2.05, 4.69) is 310 Å². The molecule has 0 bridgehead atoms. The van der Waals surface area contributed by atoms with E-state index < -0.39 is 16.1 Å². The van der Waals surface area contributed by atoms with Gasteiger partial charge in [-0.1, -0.05) is 302 Å². The second-order valence-electron chi connectivity index (χ2n) is 26.0. The summed E-state index contributed by atoms with van der Waals surface area (Å²) < 4.78 is 0. The van der Waals surface area contributed by atoms with Gasteiger partial charge < -0.3 is 0 Å². The Hall–Kier alpha value is -8.15. The molecule has 2 heteroatoms. The van der Waals surface area contributed by atoms with Gasteiger partial charge in [-0.3, -0.25) is 0 Å². The number of hydrogen-bond donors (Lipinski definition) is 0. The van der Waals surface area contributed by atoms with Gasteiger partial charge in [0.25, 0.3) is 0 Å². The van der Waals surface area contributed by atoms with Gasteiger partial charge in [-0.05, 0) is 177 Å². The minimum atomic E-state index is -1.51. The lowest BCUT2D eigenvalue weighted by Gasteiger charge is -2.29. The van der Waals surface area contributed by atoms with Crippen molar-refractivity contribution >= 4 is 71.4 Å². The van der Waals surface area contributed by atoms with E-state index in [1.807, 2.05) is 0 Å². The van der Waals surface area contributed by atoms with Crippen LogP contribution in [0.15, 0.2) is 231 Å². The molecule has 0 nitrogen and oxygen atoms in total. The minimum Gasteiger partial charge on any atom is -0.0656 e. The largest absolute Gasteiger partial charge is 0.0775 e. The van der Waals surface area contributed by atoms with Crippen molar-refractivity contribution in [3.63, 3.8) is 0 Å². The van der Waals surface area contributed by atoms with Crippen LogP contribution in [0.1, 0.15) is 109 Å². The molecule has 0 atom stereocenters. The van der Waals surface area contributed by atoms with Gasteiger partial charge in [0, 0.05) is 10.8 Å². The fraction of sp³-hybridized carbons (Fsp3) is 0.195. The lowest BCUT2D eigenvalue weighted by atomic mass is 9.73. The predicted octanol–water partition coefficient (Wildman–Crippen LogP) is 21.8. The topological polar surface area (TPSA) is 0 Å². The Morgan fingerprint density at radius 1 is 0.310 bits per heavy atom. The predicted molar refractivity (Wildman–Crippen MR) is 372 cm³/mol. The van der Waals surface area contributed by atoms with Crippen LogP contribution in [0, 0.1) is 0 Å². The molecule has 0 saturated carbocycles. The summed E-state index contributed by atoms with van der Waals surface area (Å²) in [5, 5.41) is 7.97. The second kappa shape index (κ2) is 21.5. The standard InChI is InChI=1S/C82H78Si2/c1-11-81(12-2)76-30-22-20-24-66(76)74-53-55(32-50-77(74)81)51-72(59-41-45-63(46-42-59)83(5,6)7)57-33-37-61(38-34-57)79-68-25-15-17-27-70(68)80(71-28-18-16-26-69(71)79)62-39-35-58(36-40-62)73(60-43-47-64(48-44-60)84(8,9)10)52-56-31-49-67-65-23-19-21-29-75(65)82(13-3,14-4)78(67)54-56/h15-54H,11-14H2,1-10H3/b72-51-,73-52-. The van der Waals surface area contributed by atoms with Crippen LogP contribution in [0.3, 0.4) is 0 Å². The summed E-state index contributed by atoms with van der Waals surface area (Å²) in [6.45, 7) is 24.0. The van der Waals surface area contributed by atoms with Crippen molar-refractivity contribution in [2.24, 2.45) is 0 Å². The molecule has 0 aliphatic heterocycles. The summed E-state index contributed by atoms with van der Waals surface area (Å²) in [6, 6.07) is 88.8. The molecule has 0 saturated heterocycles. The smallest absolute Gasteiger partial charge is 0.0656 e. The van der Waals surface area contributed by atoms with E-state index in [9.17, 15) is 0 Å². The van der Waals surface area contributed by atoms with Crippen LogP contribution in [0.2, 0.25) is 39.3 Å². The van der Waals surface area contributed by atoms with E-state index in [0.29, 0.717) is 0 Å². The fourth-order valence-electron chi connectivity index (χ4n) is 14.8. The van der Waals surface area contributed by atoms with Crippen LogP contribution >= 0.6 is 0 Å². The van der Waals surface area contributed by atoms with Crippen molar-refractivity contribution in [2.45, 2.75) is 103 Å². The first kappa shape index (κ1) is 55.1. The molecule has 2 aliphatic carbocycles. The van der Waals surface area contributed by atoms with Gasteiger partial charge >= 0.3 is 0 Å². The molecule has 0 unspecified atom stereocenters. The average Bonchev–Trinajstić information content (AvgIpc) is 1.72. The van der Waals surface area contributed by atoms with Crippen LogP contribution in [-0.4, -0.2) is 16.1 Å². The Morgan fingerprint density at radius 2 is 0.631 bits per heavy atom. The van der Waals surface area contributed by atoms with Crippen molar-refractivity contribution in [3.8, 4) is 44.5 Å². The fourth-order valence-corrected chi connectivity index (χ4v) is 17.2. The van der Waals surface area contributed by atoms with Crippen LogP contribution in [0.5, 0.6) is 0 Å². The van der Waals surface area contributed by atoms with E-state index in [0.717, 1.165) is 25.7 Å². The SMILES string of the molecule is CCC1(CC)c2ccccc2-c2cc(/C=C(/c3ccc(-c4c5ccccc5c(-c5ccc(/C(=C/c6ccc7c(c6)C(CC)(CC)c6ccccc6-7)c6ccc([Si](C)(C)C)cc6)cc5)c5ccccc45)cc3)c3ccc([Si](C)(C)C)cc3)ccc21. The summed E-state index contributed by atoms with van der Waals surface area (Å²) >= 11 is 0. The molecular weight excluding hydrogens is 1040 g/mol. The van der Waals surface area contributed by atoms with Crippen LogP contribution < -0.4 is 10.4 Å². The molecule has 0 heterocycles. The zero-order valence-corrected chi connectivity index (χ0v) is 52.9. The van der Waals surface area contributed by atoms with Crippen LogP contribution in [0.4, 0.5) is 0 Å². The van der Waals surface area contributed by atoms with Gasteiger partial charge in [-0.25, -0.2) is 0 Å². The molecule has 13 rings (SSSR count). The highest BCUT2D eigenvalue weighted by Crippen LogP contribution is 2.55. The summed E-state index contributed by atoms with van der Waals surface area (Å²) in [6.07, 6.45) is 9.20. The number of benzene rings is 11. The summed E-state index contributed by atoms with van der Waals surface area (Å²) in [4.78, 5) is 0. The lowest BCUT2D eigenvalue weighted by molar-refractivity contribution is 0.490. The third-order valence-corrected chi connectivity index (χ3v) is 23.8. The van der Waals surface area contributed by atoms with Gasteiger partial charge in [0.2, 0.25) is 0 Å².